The van der Waals surface area contributed by atoms with Gasteiger partial charge in [0.1, 0.15) is 35.2 Å². The largest absolute Gasteiger partial charge is 0.437 e. The Bertz CT molecular complexity index is 9810. The van der Waals surface area contributed by atoms with Gasteiger partial charge in [0.2, 0.25) is 57.0 Å². The van der Waals surface area contributed by atoms with E-state index in [9.17, 15) is 0 Å². The van der Waals surface area contributed by atoms with Gasteiger partial charge in [-0.25, -0.2) is 47.8 Å². The molecule has 1 unspecified atom stereocenters. The van der Waals surface area contributed by atoms with Crippen LogP contribution in [0, 0.1) is 75.2 Å². The Morgan fingerprint density at radius 3 is 0.931 bits per heavy atom. The Morgan fingerprint density at radius 2 is 0.593 bits per heavy atom. The zero-order chi connectivity index (χ0) is 108. The molecule has 145 heavy (non-hydrogen) atoms. The first-order chi connectivity index (χ1) is 73.5. The van der Waals surface area contributed by atoms with Gasteiger partial charge in [0.05, 0.1) is 27.8 Å². The SMILES string of the molecule is Cc1cc[n+](C)c(-c2c(C)c3ccccc3c3c2oc2nc(C)ccc23)c1.[2H]C(C)(C)c1cc[n+](C)c(-c2c(C)c3ccccc3c3c2oc2nc(C)ccc23)c1.[2H]C([2H])(C)c1cc[n+](C)c(-c2c(C)c3ccccc3c3c2oc2nc(C)ccc23)c1.[2H]C([2H])([2H])C([2H])(C)c1cc[n+](C)c(-c2c(C)c3ccccc3c3c2oc2nc(C)ccc23)c1.[2H]C([2H])(c1cc[n+](C)c(-c2c(C)c3ccccc3c3c2oc2ncccc23)c1)C1CCCCC1. The van der Waals surface area contributed by atoms with Gasteiger partial charge in [0, 0.05) is 156 Å². The third-order valence-corrected chi connectivity index (χ3v) is 29.7. The maximum atomic E-state index is 9.05. The first-order valence-corrected chi connectivity index (χ1v) is 50.0. The topological polar surface area (TPSA) is 150 Å². The fourth-order valence-electron chi connectivity index (χ4n) is 22.1. The van der Waals surface area contributed by atoms with E-state index in [1.54, 1.807) is 19.2 Å². The van der Waals surface area contributed by atoms with Crippen molar-refractivity contribution in [3.8, 4) is 56.3 Å². The van der Waals surface area contributed by atoms with E-state index in [4.69, 9.17) is 34.4 Å². The number of rotatable bonds is 10. The van der Waals surface area contributed by atoms with E-state index in [1.165, 1.54) is 57.0 Å². The minimum absolute atomic E-state index is 0.0647. The van der Waals surface area contributed by atoms with Gasteiger partial charge < -0.3 is 22.1 Å². The van der Waals surface area contributed by atoms with Gasteiger partial charge >= 0.3 is 0 Å². The van der Waals surface area contributed by atoms with E-state index in [2.05, 4.69) is 245 Å². The van der Waals surface area contributed by atoms with Crippen LogP contribution in [0.4, 0.5) is 0 Å². The number of pyridine rings is 10. The molecule has 0 aliphatic heterocycles. The summed E-state index contributed by atoms with van der Waals surface area (Å²) in [5.74, 6) is -2.36. The highest BCUT2D eigenvalue weighted by molar-refractivity contribution is 6.28. The van der Waals surface area contributed by atoms with Crippen LogP contribution in [-0.2, 0) is 48.0 Å². The summed E-state index contributed by atoms with van der Waals surface area (Å²) in [6.07, 6.45) is 14.2. The van der Waals surface area contributed by atoms with Crippen LogP contribution in [0.2, 0.25) is 0 Å². The van der Waals surface area contributed by atoms with E-state index >= 15 is 0 Å². The molecule has 0 radical (unpaired) electrons. The summed E-state index contributed by atoms with van der Waals surface area (Å²) >= 11 is 0. The third kappa shape index (κ3) is 16.7. The van der Waals surface area contributed by atoms with Gasteiger partial charge in [0.15, 0.2) is 58.9 Å². The summed E-state index contributed by atoms with van der Waals surface area (Å²) in [4.78, 5) is 23.1. The summed E-state index contributed by atoms with van der Waals surface area (Å²) in [6, 6.07) is 82.3. The lowest BCUT2D eigenvalue weighted by Crippen LogP contribution is -2.31. The van der Waals surface area contributed by atoms with Crippen LogP contribution in [-0.4, -0.2) is 24.9 Å². The molecule has 10 aromatic carbocycles. The summed E-state index contributed by atoms with van der Waals surface area (Å²) in [5.41, 5.74) is 30.6. The Hall–Kier alpha value is -16.0. The van der Waals surface area contributed by atoms with Gasteiger partial charge in [-0.1, -0.05) is 188 Å². The minimum Gasteiger partial charge on any atom is -0.437 e. The van der Waals surface area contributed by atoms with Crippen molar-refractivity contribution in [2.75, 3.05) is 0 Å². The van der Waals surface area contributed by atoms with Crippen LogP contribution in [0.5, 0.6) is 0 Å². The summed E-state index contributed by atoms with van der Waals surface area (Å²) in [5, 5.41) is 22.1. The summed E-state index contributed by atoms with van der Waals surface area (Å²) in [7, 11) is 10.1. The average molecular weight is 1910 g/mol. The number of aryl methyl sites for hydroxylation is 16. The number of fused-ring (bicyclic) bond motifs is 25. The molecule has 1 aliphatic carbocycles. The lowest BCUT2D eigenvalue weighted by atomic mass is 9.84. The molecule has 1 fully saturated rings. The van der Waals surface area contributed by atoms with Crippen molar-refractivity contribution >= 4 is 164 Å². The number of nitrogens with zero attached hydrogens (tertiary/aromatic N) is 10. The van der Waals surface area contributed by atoms with Gasteiger partial charge in [0.25, 0.3) is 0 Å². The van der Waals surface area contributed by atoms with Crippen LogP contribution in [0.25, 0.3) is 220 Å². The van der Waals surface area contributed by atoms with Crippen LogP contribution in [0.15, 0.2) is 302 Å². The number of aromatic nitrogens is 10. The molecule has 1 saturated carbocycles. The lowest BCUT2D eigenvalue weighted by Gasteiger charge is -2.21. The van der Waals surface area contributed by atoms with E-state index in [0.29, 0.717) is 45.3 Å². The molecule has 15 nitrogen and oxygen atoms in total. The second-order valence-corrected chi connectivity index (χ2v) is 39.5. The van der Waals surface area contributed by atoms with Gasteiger partial charge in [-0.15, -0.1) is 0 Å². The minimum atomic E-state index is -2.46. The van der Waals surface area contributed by atoms with Crippen LogP contribution in [0.1, 0.15) is 169 Å². The van der Waals surface area contributed by atoms with Gasteiger partial charge in [-0.2, -0.15) is 0 Å². The molecule has 15 heterocycles. The van der Waals surface area contributed by atoms with Crippen molar-refractivity contribution in [1.29, 1.82) is 0 Å². The Kier molecular flexibility index (Phi) is 21.9. The molecular weight excluding hydrogens is 1780 g/mol. The normalized spacial score (nSPS) is 14.2. The molecule has 0 bridgehead atoms. The zero-order valence-corrected chi connectivity index (χ0v) is 85.7. The standard InChI is InChI=1S/C29H29N2O.2C26H25N2O.C25H23N2O.C24H21N2O/c1-19-22-11-6-7-12-23(22)27-24-13-8-15-30-29(24)32-28(27)26(19)25-18-21(14-16-31(25)2)17-20-9-4-3-5-10-20;2*1-15(2)18-12-13-28(5)22(14-18)23-17(4)19-8-6-7-9-20(19)24-21-11-10-16(3)27-26(21)29-25(23)24;1-5-17-12-13-27(4)21(14-17)22-16(3)18-8-6-7-9-19(18)23-20-11-10-15(2)26-25(20)28-24(22)23;1-14-11-12-26(4)20(13-14)21-16(3)17-7-5-6-8-18(17)22-19-10-9-15(2)25-24(19)27-23(21)22/h6-8,11-16,18,20H,3-5,9-10,17H2,1-2H3;2*6-15H,1-5H3;6-14H,5H2,1-4H3;5-13H,1-4H3/q5*+1/i17D2;1D3,15D;15D;5D2;. The number of furan rings is 5. The molecule has 1 atom stereocenters. The molecule has 26 rings (SSSR count). The lowest BCUT2D eigenvalue weighted by molar-refractivity contribution is -0.660. The Morgan fingerprint density at radius 1 is 0.310 bits per heavy atom. The van der Waals surface area contributed by atoms with E-state index < -0.39 is 31.4 Å². The molecule has 718 valence electrons. The molecule has 1 aliphatic rings. The average Bonchev–Trinajstić information content (AvgIpc) is 1.64. The van der Waals surface area contributed by atoms with Crippen molar-refractivity contribution in [3.05, 3.63) is 358 Å². The summed E-state index contributed by atoms with van der Waals surface area (Å²) in [6.45, 7) is 25.0. The first-order valence-electron chi connectivity index (χ1n) is 54.5. The number of hydrogen-bond acceptors (Lipinski definition) is 10. The zero-order valence-electron chi connectivity index (χ0n) is 94.7. The maximum Gasteiger partial charge on any atom is 0.227 e. The number of benzene rings is 10. The van der Waals surface area contributed by atoms with Crippen LogP contribution < -0.4 is 22.8 Å². The second-order valence-electron chi connectivity index (χ2n) is 39.5. The van der Waals surface area contributed by atoms with Crippen molar-refractivity contribution < 1.29 is 57.3 Å². The van der Waals surface area contributed by atoms with E-state index in [0.717, 1.165) is 236 Å². The Balaban J connectivity index is 0.000000108. The first kappa shape index (κ1) is 83.6. The highest BCUT2D eigenvalue weighted by Crippen LogP contribution is 2.50. The fraction of sp³-hybridized carbons (Fsp3) is 0.231. The molecular formula is C130H123N10O5+5. The van der Waals surface area contributed by atoms with E-state index in [-0.39, 0.29) is 5.92 Å². The Labute approximate surface area is 857 Å². The fourth-order valence-corrected chi connectivity index (χ4v) is 22.1. The predicted octanol–water partition coefficient (Wildman–Crippen LogP) is 31.1. The van der Waals surface area contributed by atoms with Crippen molar-refractivity contribution in [1.82, 2.24) is 24.9 Å². The highest BCUT2D eigenvalue weighted by atomic mass is 16.4. The predicted molar refractivity (Wildman–Crippen MR) is 593 cm³/mol. The molecule has 25 aromatic rings. The summed E-state index contributed by atoms with van der Waals surface area (Å²) < 4.78 is 118. The van der Waals surface area contributed by atoms with Crippen molar-refractivity contribution in [2.45, 2.75) is 160 Å². The van der Waals surface area contributed by atoms with Crippen LogP contribution in [0.3, 0.4) is 0 Å². The molecule has 0 amide bonds. The maximum absolute atomic E-state index is 9.05. The number of hydrogen-bond donors (Lipinski definition) is 0. The molecule has 0 spiro atoms. The molecule has 0 N–H and O–H groups in total. The third-order valence-electron chi connectivity index (χ3n) is 29.7. The van der Waals surface area contributed by atoms with Gasteiger partial charge in [-0.05, 0) is 270 Å². The van der Waals surface area contributed by atoms with E-state index in [1.807, 2.05) is 189 Å². The second kappa shape index (κ2) is 38.0. The van der Waals surface area contributed by atoms with Crippen molar-refractivity contribution in [2.24, 2.45) is 41.2 Å². The molecule has 15 aromatic heterocycles. The molecule has 15 heteroatoms. The quantitative estimate of drug-likeness (QED) is 0.121. The highest BCUT2D eigenvalue weighted by Gasteiger charge is 2.33. The smallest absolute Gasteiger partial charge is 0.227 e. The van der Waals surface area contributed by atoms with Gasteiger partial charge in [-0.3, -0.25) is 0 Å². The molecule has 0 saturated heterocycles. The monoisotopic (exact) mass is 1910 g/mol. The van der Waals surface area contributed by atoms with Crippen LogP contribution >= 0.6 is 0 Å². The van der Waals surface area contributed by atoms with Crippen molar-refractivity contribution in [3.63, 3.8) is 0 Å².